The molecule has 0 atom stereocenters. The van der Waals surface area contributed by atoms with Gasteiger partial charge in [0, 0.05) is 0 Å². The summed E-state index contributed by atoms with van der Waals surface area (Å²) in [5.41, 5.74) is 0. The first-order valence-electron chi connectivity index (χ1n) is 2.52. The first kappa shape index (κ1) is 9.42. The van der Waals surface area contributed by atoms with Gasteiger partial charge >= 0.3 is 0 Å². The largest absolute Gasteiger partial charge is 0.202 e. The summed E-state index contributed by atoms with van der Waals surface area (Å²) in [4.78, 5) is 0. The topological polar surface area (TPSA) is 0 Å². The van der Waals surface area contributed by atoms with Crippen molar-refractivity contribution in [3.63, 3.8) is 0 Å². The van der Waals surface area contributed by atoms with E-state index in [1.54, 1.807) is 0 Å². The fourth-order valence-electron chi connectivity index (χ4n) is 0.544. The molecule has 0 bridgehead atoms. The molecule has 0 saturated heterocycles. The minimum atomic E-state index is -0.982. The first-order chi connectivity index (χ1) is 5.04. The Morgan fingerprint density at radius 2 is 1.73 bits per heavy atom. The molecule has 5 heteroatoms. The van der Waals surface area contributed by atoms with Crippen molar-refractivity contribution in [1.82, 2.24) is 0 Å². The molecule has 0 fully saturated rings. The third-order valence-electron chi connectivity index (χ3n) is 1.06. The molecule has 0 aromatic heterocycles. The molecule has 0 spiro atoms. The molecule has 0 aliphatic carbocycles. The Balaban J connectivity index is 3.46. The number of benzene rings is 1. The summed E-state index contributed by atoms with van der Waals surface area (Å²) in [5, 5.41) is 0.135. The van der Waals surface area contributed by atoms with Crippen molar-refractivity contribution in [3.05, 3.63) is 31.7 Å². The maximum absolute atomic E-state index is 12.7. The zero-order valence-corrected chi connectivity index (χ0v) is 8.90. The highest BCUT2D eigenvalue weighted by molar-refractivity contribution is 9.11. The average molecular weight is 306 g/mol. The van der Waals surface area contributed by atoms with Crippen LogP contribution >= 0.6 is 43.5 Å². The van der Waals surface area contributed by atoms with Crippen LogP contribution in [0.4, 0.5) is 8.78 Å². The normalized spacial score (nSPS) is 10.3. The maximum atomic E-state index is 12.7. The molecule has 11 heavy (non-hydrogen) atoms. The Bertz CT molecular complexity index is 275. The highest BCUT2D eigenvalue weighted by atomic mass is 79.9. The molecule has 1 aromatic rings. The Morgan fingerprint density at radius 1 is 1.18 bits per heavy atom. The van der Waals surface area contributed by atoms with E-state index in [0.717, 1.165) is 0 Å². The lowest BCUT2D eigenvalue weighted by atomic mass is 10.3. The van der Waals surface area contributed by atoms with Gasteiger partial charge in [0.25, 0.3) is 0 Å². The van der Waals surface area contributed by atoms with Gasteiger partial charge < -0.3 is 0 Å². The van der Waals surface area contributed by atoms with Gasteiger partial charge in [0.15, 0.2) is 11.6 Å². The van der Waals surface area contributed by atoms with Gasteiger partial charge in [0.1, 0.15) is 0 Å². The van der Waals surface area contributed by atoms with Gasteiger partial charge in [0.05, 0.1) is 14.0 Å². The standard InChI is InChI=1S/C6HBr2ClF2/c7-2-1-3(9)4(8)6(11)5(2)10/h1H. The van der Waals surface area contributed by atoms with Crippen molar-refractivity contribution >= 4 is 43.5 Å². The summed E-state index contributed by atoms with van der Waals surface area (Å²) in [6.07, 6.45) is 0. The zero-order chi connectivity index (χ0) is 8.59. The molecule has 0 amide bonds. The van der Waals surface area contributed by atoms with E-state index < -0.39 is 11.6 Å². The lowest BCUT2D eigenvalue weighted by molar-refractivity contribution is 0.500. The first-order valence-corrected chi connectivity index (χ1v) is 4.49. The highest BCUT2D eigenvalue weighted by Crippen LogP contribution is 2.31. The van der Waals surface area contributed by atoms with Crippen molar-refractivity contribution in [2.75, 3.05) is 0 Å². The Hall–Kier alpha value is 0.330. The smallest absolute Gasteiger partial charge is 0.175 e. The van der Waals surface area contributed by atoms with Crippen LogP contribution in [0, 0.1) is 11.6 Å². The van der Waals surface area contributed by atoms with Crippen LogP contribution < -0.4 is 0 Å². The van der Waals surface area contributed by atoms with Crippen LogP contribution in [0.1, 0.15) is 0 Å². The van der Waals surface area contributed by atoms with Crippen LogP contribution in [-0.2, 0) is 0 Å². The molecule has 1 aromatic carbocycles. The van der Waals surface area contributed by atoms with Crippen LogP contribution in [-0.4, -0.2) is 0 Å². The number of halogens is 5. The van der Waals surface area contributed by atoms with E-state index in [2.05, 4.69) is 31.9 Å². The lowest BCUT2D eigenvalue weighted by Gasteiger charge is -2.00. The second-order valence-electron chi connectivity index (χ2n) is 1.78. The molecule has 60 valence electrons. The molecule has 1 rings (SSSR count). The van der Waals surface area contributed by atoms with E-state index in [1.807, 2.05) is 0 Å². The molecule has 0 unspecified atom stereocenters. The predicted molar refractivity (Wildman–Crippen MR) is 46.8 cm³/mol. The van der Waals surface area contributed by atoms with Crippen molar-refractivity contribution in [2.24, 2.45) is 0 Å². The number of hydrogen-bond acceptors (Lipinski definition) is 0. The van der Waals surface area contributed by atoms with Crippen LogP contribution in [0.2, 0.25) is 5.02 Å². The third kappa shape index (κ3) is 1.73. The van der Waals surface area contributed by atoms with Crippen molar-refractivity contribution < 1.29 is 8.78 Å². The monoisotopic (exact) mass is 304 g/mol. The average Bonchev–Trinajstić information content (AvgIpc) is 1.97. The van der Waals surface area contributed by atoms with Gasteiger partial charge in [-0.15, -0.1) is 0 Å². The molecule has 0 N–H and O–H groups in total. The van der Waals surface area contributed by atoms with E-state index in [9.17, 15) is 8.78 Å². The predicted octanol–water partition coefficient (Wildman–Crippen LogP) is 4.14. The van der Waals surface area contributed by atoms with Gasteiger partial charge in [0.2, 0.25) is 0 Å². The SMILES string of the molecule is Fc1c(Br)cc(Cl)c(Br)c1F. The molecular formula is C6HBr2ClF2. The minimum absolute atomic E-state index is 0.0169. The fourth-order valence-corrected chi connectivity index (χ4v) is 1.56. The van der Waals surface area contributed by atoms with Crippen molar-refractivity contribution in [2.45, 2.75) is 0 Å². The third-order valence-corrected chi connectivity index (χ3v) is 2.94. The Kier molecular flexibility index (Phi) is 2.89. The summed E-state index contributed by atoms with van der Waals surface area (Å²) >= 11 is 11.1. The Morgan fingerprint density at radius 3 is 2.27 bits per heavy atom. The second-order valence-corrected chi connectivity index (χ2v) is 3.84. The summed E-state index contributed by atoms with van der Waals surface area (Å²) in [5.74, 6) is -1.93. The Labute approximate surface area is 83.8 Å². The summed E-state index contributed by atoms with van der Waals surface area (Å²) in [6.45, 7) is 0. The van der Waals surface area contributed by atoms with E-state index in [4.69, 9.17) is 11.6 Å². The minimum Gasteiger partial charge on any atom is -0.202 e. The molecule has 0 saturated carbocycles. The lowest BCUT2D eigenvalue weighted by Crippen LogP contribution is -1.87. The van der Waals surface area contributed by atoms with Crippen LogP contribution in [0.5, 0.6) is 0 Å². The summed E-state index contributed by atoms with van der Waals surface area (Å²) < 4.78 is 25.3. The van der Waals surface area contributed by atoms with Gasteiger partial charge in [-0.2, -0.15) is 0 Å². The number of rotatable bonds is 0. The maximum Gasteiger partial charge on any atom is 0.175 e. The number of hydrogen-bond donors (Lipinski definition) is 0. The molecule has 0 aliphatic rings. The quantitative estimate of drug-likeness (QED) is 0.499. The fraction of sp³-hybridized carbons (Fsp3) is 0. The van der Waals surface area contributed by atoms with Gasteiger partial charge in [-0.1, -0.05) is 11.6 Å². The van der Waals surface area contributed by atoms with Crippen molar-refractivity contribution in [1.29, 1.82) is 0 Å². The van der Waals surface area contributed by atoms with E-state index in [-0.39, 0.29) is 14.0 Å². The van der Waals surface area contributed by atoms with Crippen LogP contribution in [0.3, 0.4) is 0 Å². The molecule has 0 nitrogen and oxygen atoms in total. The van der Waals surface area contributed by atoms with E-state index in [0.29, 0.717) is 0 Å². The van der Waals surface area contributed by atoms with E-state index in [1.165, 1.54) is 6.07 Å². The van der Waals surface area contributed by atoms with Gasteiger partial charge in [-0.3, -0.25) is 0 Å². The molecule has 0 heterocycles. The molecular weight excluding hydrogens is 305 g/mol. The van der Waals surface area contributed by atoms with E-state index >= 15 is 0 Å². The second kappa shape index (κ2) is 3.37. The van der Waals surface area contributed by atoms with Crippen molar-refractivity contribution in [3.8, 4) is 0 Å². The van der Waals surface area contributed by atoms with Gasteiger partial charge in [-0.05, 0) is 37.9 Å². The van der Waals surface area contributed by atoms with Crippen LogP contribution in [0.15, 0.2) is 15.0 Å². The summed E-state index contributed by atoms with van der Waals surface area (Å²) in [7, 11) is 0. The summed E-state index contributed by atoms with van der Waals surface area (Å²) in [6, 6.07) is 1.28. The molecule has 0 radical (unpaired) electrons. The highest BCUT2D eigenvalue weighted by Gasteiger charge is 2.13. The zero-order valence-electron chi connectivity index (χ0n) is 4.97. The van der Waals surface area contributed by atoms with Gasteiger partial charge in [-0.25, -0.2) is 8.78 Å². The molecule has 0 aliphatic heterocycles. The van der Waals surface area contributed by atoms with Crippen LogP contribution in [0.25, 0.3) is 0 Å².